The molecule has 0 aliphatic heterocycles. The highest BCUT2D eigenvalue weighted by atomic mass is 32.1. The second-order valence-corrected chi connectivity index (χ2v) is 2.91. The van der Waals surface area contributed by atoms with Crippen LogP contribution in [0.3, 0.4) is 0 Å². The van der Waals surface area contributed by atoms with E-state index in [-0.39, 0.29) is 5.01 Å². The monoisotopic (exact) mass is 172 g/mol. The van der Waals surface area contributed by atoms with Crippen LogP contribution in [0.25, 0.3) is 0 Å². The molecule has 1 heterocycles. The number of aromatic nitrogens is 2. The van der Waals surface area contributed by atoms with Crippen molar-refractivity contribution in [3.63, 3.8) is 0 Å². The van der Waals surface area contributed by atoms with Gasteiger partial charge in [0, 0.05) is 14.1 Å². The van der Waals surface area contributed by atoms with E-state index < -0.39 is 5.91 Å². The van der Waals surface area contributed by atoms with Crippen LogP contribution in [-0.2, 0) is 0 Å². The molecule has 0 aliphatic carbocycles. The zero-order valence-electron chi connectivity index (χ0n) is 6.24. The highest BCUT2D eigenvalue weighted by Gasteiger charge is 2.08. The highest BCUT2D eigenvalue weighted by molar-refractivity contribution is 7.07. The van der Waals surface area contributed by atoms with Gasteiger partial charge in [0.05, 0.1) is 0 Å². The molecule has 60 valence electrons. The molecule has 11 heavy (non-hydrogen) atoms. The molecule has 0 unspecified atom stereocenters. The minimum absolute atomic E-state index is 0.244. The SMILES string of the molecule is CN(C)c1nsc(C(N)=O)n1. The van der Waals surface area contributed by atoms with E-state index in [2.05, 4.69) is 9.36 Å². The number of nitrogens with zero attached hydrogens (tertiary/aromatic N) is 3. The predicted octanol–water partition coefficient (Wildman–Crippen LogP) is -0.297. The number of hydrogen-bond donors (Lipinski definition) is 1. The Kier molecular flexibility index (Phi) is 2.04. The standard InChI is InChI=1S/C5H8N4OS/c1-9(2)5-7-4(3(6)10)11-8-5/h1-2H3,(H2,6,10). The number of carbonyl (C=O) groups excluding carboxylic acids is 1. The van der Waals surface area contributed by atoms with Gasteiger partial charge in [-0.15, -0.1) is 0 Å². The normalized spacial score (nSPS) is 9.64. The van der Waals surface area contributed by atoms with Crippen molar-refractivity contribution in [2.45, 2.75) is 0 Å². The Hall–Kier alpha value is -1.17. The molecule has 0 radical (unpaired) electrons. The van der Waals surface area contributed by atoms with Crippen LogP contribution in [0.4, 0.5) is 5.95 Å². The molecule has 0 fully saturated rings. The minimum atomic E-state index is -0.532. The van der Waals surface area contributed by atoms with Gasteiger partial charge in [-0.2, -0.15) is 9.36 Å². The fourth-order valence-corrected chi connectivity index (χ4v) is 1.08. The van der Waals surface area contributed by atoms with Crippen LogP contribution in [-0.4, -0.2) is 29.4 Å². The average Bonchev–Trinajstić information content (AvgIpc) is 2.33. The van der Waals surface area contributed by atoms with E-state index >= 15 is 0 Å². The first-order valence-corrected chi connectivity index (χ1v) is 3.69. The Labute approximate surface area is 68.0 Å². The summed E-state index contributed by atoms with van der Waals surface area (Å²) >= 11 is 1.01. The van der Waals surface area contributed by atoms with Gasteiger partial charge in [-0.05, 0) is 11.5 Å². The number of primary amides is 1. The molecule has 1 aromatic rings. The molecule has 0 saturated heterocycles. The second-order valence-electron chi connectivity index (χ2n) is 2.16. The molecule has 0 aliphatic rings. The van der Waals surface area contributed by atoms with Crippen LogP contribution in [0.1, 0.15) is 9.80 Å². The summed E-state index contributed by atoms with van der Waals surface area (Å²) in [5, 5.41) is 0.244. The summed E-state index contributed by atoms with van der Waals surface area (Å²) in [5.74, 6) is -0.0144. The zero-order valence-corrected chi connectivity index (χ0v) is 7.05. The lowest BCUT2D eigenvalue weighted by molar-refractivity contribution is 0.1000. The molecule has 0 saturated carbocycles. The Morgan fingerprint density at radius 2 is 2.27 bits per heavy atom. The third kappa shape index (κ3) is 1.64. The van der Waals surface area contributed by atoms with Gasteiger partial charge in [-0.3, -0.25) is 4.79 Å². The lowest BCUT2D eigenvalue weighted by Gasteiger charge is -2.03. The molecule has 2 N–H and O–H groups in total. The first-order chi connectivity index (χ1) is 5.11. The Morgan fingerprint density at radius 1 is 1.64 bits per heavy atom. The third-order valence-corrected chi connectivity index (χ3v) is 1.75. The number of anilines is 1. The van der Waals surface area contributed by atoms with E-state index in [0.29, 0.717) is 5.95 Å². The largest absolute Gasteiger partial charge is 0.363 e. The summed E-state index contributed by atoms with van der Waals surface area (Å²) in [7, 11) is 3.60. The quantitative estimate of drug-likeness (QED) is 0.665. The molecule has 0 atom stereocenters. The minimum Gasteiger partial charge on any atom is -0.363 e. The van der Waals surface area contributed by atoms with Crippen LogP contribution in [0.2, 0.25) is 0 Å². The molecule has 1 aromatic heterocycles. The van der Waals surface area contributed by atoms with Crippen LogP contribution in [0.15, 0.2) is 0 Å². The number of carbonyl (C=O) groups is 1. The maximum Gasteiger partial charge on any atom is 0.279 e. The van der Waals surface area contributed by atoms with E-state index in [4.69, 9.17) is 5.73 Å². The van der Waals surface area contributed by atoms with Gasteiger partial charge in [0.2, 0.25) is 11.0 Å². The summed E-state index contributed by atoms with van der Waals surface area (Å²) in [4.78, 5) is 16.1. The van der Waals surface area contributed by atoms with Crippen molar-refractivity contribution in [2.75, 3.05) is 19.0 Å². The van der Waals surface area contributed by atoms with Gasteiger partial charge in [0.1, 0.15) is 0 Å². The fraction of sp³-hybridized carbons (Fsp3) is 0.400. The van der Waals surface area contributed by atoms with Crippen molar-refractivity contribution in [1.29, 1.82) is 0 Å². The summed E-state index contributed by atoms with van der Waals surface area (Å²) in [6, 6.07) is 0. The van der Waals surface area contributed by atoms with E-state index in [9.17, 15) is 4.79 Å². The topological polar surface area (TPSA) is 72.1 Å². The molecule has 1 amide bonds. The second kappa shape index (κ2) is 2.83. The molecular weight excluding hydrogens is 164 g/mol. The van der Waals surface area contributed by atoms with E-state index in [1.54, 1.807) is 19.0 Å². The van der Waals surface area contributed by atoms with Gasteiger partial charge in [-0.25, -0.2) is 0 Å². The average molecular weight is 172 g/mol. The van der Waals surface area contributed by atoms with Crippen molar-refractivity contribution >= 4 is 23.4 Å². The number of amides is 1. The molecule has 0 aromatic carbocycles. The maximum absolute atomic E-state index is 10.5. The van der Waals surface area contributed by atoms with Crippen LogP contribution < -0.4 is 10.6 Å². The zero-order chi connectivity index (χ0) is 8.43. The van der Waals surface area contributed by atoms with Gasteiger partial charge in [0.25, 0.3) is 5.91 Å². The van der Waals surface area contributed by atoms with Crippen molar-refractivity contribution in [2.24, 2.45) is 5.73 Å². The lowest BCUT2D eigenvalue weighted by Crippen LogP contribution is -2.13. The summed E-state index contributed by atoms with van der Waals surface area (Å²) in [6.07, 6.45) is 0. The lowest BCUT2D eigenvalue weighted by atomic mass is 10.7. The molecular formula is C5H8N4OS. The number of nitrogens with two attached hydrogens (primary N) is 1. The van der Waals surface area contributed by atoms with Gasteiger partial charge < -0.3 is 10.6 Å². The summed E-state index contributed by atoms with van der Waals surface area (Å²) in [6.45, 7) is 0. The molecule has 1 rings (SSSR count). The van der Waals surface area contributed by atoms with E-state index in [1.165, 1.54) is 0 Å². The molecule has 0 bridgehead atoms. The van der Waals surface area contributed by atoms with Gasteiger partial charge in [-0.1, -0.05) is 0 Å². The Balaban J connectivity index is 2.90. The first-order valence-electron chi connectivity index (χ1n) is 2.92. The molecule has 5 nitrogen and oxygen atoms in total. The predicted molar refractivity (Wildman–Crippen MR) is 42.8 cm³/mol. The first kappa shape index (κ1) is 7.93. The van der Waals surface area contributed by atoms with Gasteiger partial charge >= 0.3 is 0 Å². The van der Waals surface area contributed by atoms with Crippen molar-refractivity contribution in [3.05, 3.63) is 5.01 Å². The smallest absolute Gasteiger partial charge is 0.279 e. The van der Waals surface area contributed by atoms with Crippen molar-refractivity contribution in [1.82, 2.24) is 9.36 Å². The van der Waals surface area contributed by atoms with Crippen LogP contribution >= 0.6 is 11.5 Å². The Morgan fingerprint density at radius 3 is 2.55 bits per heavy atom. The fourth-order valence-electron chi connectivity index (χ4n) is 0.497. The Bertz CT molecular complexity index is 269. The van der Waals surface area contributed by atoms with Crippen LogP contribution in [0, 0.1) is 0 Å². The highest BCUT2D eigenvalue weighted by Crippen LogP contribution is 2.09. The van der Waals surface area contributed by atoms with Crippen molar-refractivity contribution < 1.29 is 4.79 Å². The van der Waals surface area contributed by atoms with Crippen molar-refractivity contribution in [3.8, 4) is 0 Å². The third-order valence-electron chi connectivity index (χ3n) is 1.03. The number of hydrogen-bond acceptors (Lipinski definition) is 5. The van der Waals surface area contributed by atoms with Crippen LogP contribution in [0.5, 0.6) is 0 Å². The molecule has 6 heteroatoms. The summed E-state index contributed by atoms with van der Waals surface area (Å²) < 4.78 is 3.89. The van der Waals surface area contributed by atoms with E-state index in [0.717, 1.165) is 11.5 Å². The maximum atomic E-state index is 10.5. The molecule has 0 spiro atoms. The summed E-state index contributed by atoms with van der Waals surface area (Å²) in [5.41, 5.74) is 4.98. The van der Waals surface area contributed by atoms with Gasteiger partial charge in [0.15, 0.2) is 0 Å². The number of rotatable bonds is 2. The van der Waals surface area contributed by atoms with E-state index in [1.807, 2.05) is 0 Å².